The largest absolute Gasteiger partial charge is 0.321 e. The Kier molecular flexibility index (Phi) is 4.81. The summed E-state index contributed by atoms with van der Waals surface area (Å²) in [7, 11) is 0. The smallest absolute Gasteiger partial charge is 0.248 e. The van der Waals surface area contributed by atoms with E-state index in [1.807, 2.05) is 0 Å². The zero-order chi connectivity index (χ0) is 16.9. The summed E-state index contributed by atoms with van der Waals surface area (Å²) >= 11 is 3.26. The molecule has 0 atom stereocenters. The van der Waals surface area contributed by atoms with E-state index < -0.39 is 5.82 Å². The van der Waals surface area contributed by atoms with E-state index in [2.05, 4.69) is 31.3 Å². The molecule has 0 aliphatic heterocycles. The Balaban J connectivity index is 1.66. The lowest BCUT2D eigenvalue weighted by Gasteiger charge is -2.04. The number of anilines is 1. The van der Waals surface area contributed by atoms with Crippen molar-refractivity contribution in [1.29, 1.82) is 0 Å². The van der Waals surface area contributed by atoms with Crippen LogP contribution in [-0.2, 0) is 4.79 Å². The van der Waals surface area contributed by atoms with E-state index in [1.54, 1.807) is 47.4 Å². The first kappa shape index (κ1) is 16.1. The SMILES string of the molecule is O=C(C=Cc1cc(Br)ccc1F)Nc1ccc(-n2cccn2)nc1. The number of nitrogens with one attached hydrogen (secondary N) is 1. The second kappa shape index (κ2) is 7.18. The van der Waals surface area contributed by atoms with Crippen LogP contribution >= 0.6 is 15.9 Å². The summed E-state index contributed by atoms with van der Waals surface area (Å²) in [6, 6.07) is 9.78. The highest BCUT2D eigenvalue weighted by atomic mass is 79.9. The predicted molar refractivity (Wildman–Crippen MR) is 93.1 cm³/mol. The Bertz CT molecular complexity index is 876. The van der Waals surface area contributed by atoms with Crippen molar-refractivity contribution in [3.8, 4) is 5.82 Å². The maximum Gasteiger partial charge on any atom is 0.248 e. The van der Waals surface area contributed by atoms with E-state index >= 15 is 0 Å². The number of rotatable bonds is 4. The molecule has 24 heavy (non-hydrogen) atoms. The molecule has 3 aromatic rings. The van der Waals surface area contributed by atoms with Gasteiger partial charge in [0.15, 0.2) is 5.82 Å². The second-order valence-corrected chi connectivity index (χ2v) is 5.76. The molecular weight excluding hydrogens is 375 g/mol. The minimum absolute atomic E-state index is 0.326. The topological polar surface area (TPSA) is 59.8 Å². The highest BCUT2D eigenvalue weighted by molar-refractivity contribution is 9.10. The van der Waals surface area contributed by atoms with Crippen molar-refractivity contribution in [2.45, 2.75) is 0 Å². The number of halogens is 2. The van der Waals surface area contributed by atoms with Crippen molar-refractivity contribution < 1.29 is 9.18 Å². The van der Waals surface area contributed by atoms with Crippen LogP contribution in [0.3, 0.4) is 0 Å². The van der Waals surface area contributed by atoms with Gasteiger partial charge < -0.3 is 5.32 Å². The zero-order valence-electron chi connectivity index (χ0n) is 12.4. The summed E-state index contributed by atoms with van der Waals surface area (Å²) in [4.78, 5) is 16.1. The van der Waals surface area contributed by atoms with Gasteiger partial charge in [-0.1, -0.05) is 15.9 Å². The monoisotopic (exact) mass is 386 g/mol. The molecule has 0 radical (unpaired) electrons. The lowest BCUT2D eigenvalue weighted by molar-refractivity contribution is -0.111. The average Bonchev–Trinajstić information content (AvgIpc) is 3.11. The molecular formula is C17H12BrFN4O. The van der Waals surface area contributed by atoms with Crippen LogP contribution in [0.15, 0.2) is 65.5 Å². The summed E-state index contributed by atoms with van der Waals surface area (Å²) in [5, 5.41) is 6.74. The molecule has 0 saturated carbocycles. The average molecular weight is 387 g/mol. The van der Waals surface area contributed by atoms with Gasteiger partial charge in [0.05, 0.1) is 11.9 Å². The van der Waals surface area contributed by atoms with Crippen LogP contribution in [0.25, 0.3) is 11.9 Å². The lowest BCUT2D eigenvalue weighted by Crippen LogP contribution is -2.08. The number of aromatic nitrogens is 3. The third-order valence-electron chi connectivity index (χ3n) is 3.13. The molecule has 1 N–H and O–H groups in total. The number of nitrogens with zero attached hydrogens (tertiary/aromatic N) is 3. The first-order valence-electron chi connectivity index (χ1n) is 7.02. The van der Waals surface area contributed by atoms with Crippen molar-refractivity contribution >= 4 is 33.6 Å². The van der Waals surface area contributed by atoms with Crippen LogP contribution in [0.4, 0.5) is 10.1 Å². The van der Waals surface area contributed by atoms with Crippen LogP contribution in [0, 0.1) is 5.82 Å². The predicted octanol–water partition coefficient (Wildman–Crippen LogP) is 3.82. The lowest BCUT2D eigenvalue weighted by atomic mass is 10.2. The van der Waals surface area contributed by atoms with Gasteiger partial charge in [0.2, 0.25) is 5.91 Å². The van der Waals surface area contributed by atoms with E-state index in [0.29, 0.717) is 17.1 Å². The standard InChI is InChI=1S/C17H12BrFN4O/c18-13-3-5-15(19)12(10-13)2-7-17(24)22-14-4-6-16(20-11-14)23-9-1-8-21-23/h1-11H,(H,22,24). The number of benzene rings is 1. The molecule has 0 fully saturated rings. The van der Waals surface area contributed by atoms with Crippen LogP contribution < -0.4 is 5.32 Å². The van der Waals surface area contributed by atoms with Crippen LogP contribution in [0.2, 0.25) is 0 Å². The third-order valence-corrected chi connectivity index (χ3v) is 3.62. The molecule has 0 spiro atoms. The summed E-state index contributed by atoms with van der Waals surface area (Å²) in [6.45, 7) is 0. The molecule has 0 bridgehead atoms. The Morgan fingerprint density at radius 1 is 1.29 bits per heavy atom. The van der Waals surface area contributed by atoms with Gasteiger partial charge in [0, 0.05) is 28.5 Å². The van der Waals surface area contributed by atoms with E-state index in [0.717, 1.165) is 4.47 Å². The Labute approximate surface area is 146 Å². The molecule has 0 unspecified atom stereocenters. The number of carbonyl (C=O) groups excluding carboxylic acids is 1. The molecule has 120 valence electrons. The van der Waals surface area contributed by atoms with Crippen molar-refractivity contribution in [3.05, 3.63) is 76.9 Å². The van der Waals surface area contributed by atoms with Gasteiger partial charge in [0.25, 0.3) is 0 Å². The fraction of sp³-hybridized carbons (Fsp3) is 0. The minimum Gasteiger partial charge on any atom is -0.321 e. The molecule has 1 amide bonds. The van der Waals surface area contributed by atoms with E-state index in [4.69, 9.17) is 0 Å². The summed E-state index contributed by atoms with van der Waals surface area (Å²) in [5.74, 6) is -0.125. The fourth-order valence-corrected chi connectivity index (χ4v) is 2.37. The van der Waals surface area contributed by atoms with Gasteiger partial charge in [-0.2, -0.15) is 5.10 Å². The molecule has 5 nitrogen and oxygen atoms in total. The van der Waals surface area contributed by atoms with Crippen LogP contribution in [-0.4, -0.2) is 20.7 Å². The summed E-state index contributed by atoms with van der Waals surface area (Å²) in [5.41, 5.74) is 0.863. The summed E-state index contributed by atoms with van der Waals surface area (Å²) < 4.78 is 16.0. The van der Waals surface area contributed by atoms with Gasteiger partial charge in [0.1, 0.15) is 5.82 Å². The maximum absolute atomic E-state index is 13.6. The van der Waals surface area contributed by atoms with Gasteiger partial charge in [-0.3, -0.25) is 4.79 Å². The van der Waals surface area contributed by atoms with Crippen molar-refractivity contribution in [3.63, 3.8) is 0 Å². The molecule has 2 aromatic heterocycles. The van der Waals surface area contributed by atoms with Crippen molar-refractivity contribution in [2.75, 3.05) is 5.32 Å². The van der Waals surface area contributed by atoms with E-state index in [-0.39, 0.29) is 5.91 Å². The maximum atomic E-state index is 13.6. The Hall–Kier alpha value is -2.80. The van der Waals surface area contributed by atoms with Crippen molar-refractivity contribution in [2.24, 2.45) is 0 Å². The molecule has 0 aliphatic carbocycles. The highest BCUT2D eigenvalue weighted by Gasteiger charge is 2.03. The Morgan fingerprint density at radius 2 is 2.17 bits per heavy atom. The molecule has 3 rings (SSSR count). The summed E-state index contributed by atoms with van der Waals surface area (Å²) in [6.07, 6.45) is 7.65. The van der Waals surface area contributed by atoms with Crippen LogP contribution in [0.5, 0.6) is 0 Å². The van der Waals surface area contributed by atoms with Crippen molar-refractivity contribution in [1.82, 2.24) is 14.8 Å². The number of amides is 1. The van der Waals surface area contributed by atoms with Crippen LogP contribution in [0.1, 0.15) is 5.56 Å². The number of hydrogen-bond donors (Lipinski definition) is 1. The van der Waals surface area contributed by atoms with Gasteiger partial charge >= 0.3 is 0 Å². The quantitative estimate of drug-likeness (QED) is 0.693. The van der Waals surface area contributed by atoms with Gasteiger partial charge in [-0.25, -0.2) is 14.1 Å². The van der Waals surface area contributed by atoms with Gasteiger partial charge in [-0.15, -0.1) is 0 Å². The van der Waals surface area contributed by atoms with Gasteiger partial charge in [-0.05, 0) is 42.5 Å². The first-order valence-corrected chi connectivity index (χ1v) is 7.81. The second-order valence-electron chi connectivity index (χ2n) is 4.84. The minimum atomic E-state index is -0.396. The number of pyridine rings is 1. The first-order chi connectivity index (χ1) is 11.6. The zero-order valence-corrected chi connectivity index (χ0v) is 13.9. The Morgan fingerprint density at radius 3 is 2.88 bits per heavy atom. The van der Waals surface area contributed by atoms with E-state index in [1.165, 1.54) is 24.4 Å². The third kappa shape index (κ3) is 3.94. The highest BCUT2D eigenvalue weighted by Crippen LogP contribution is 2.17. The van der Waals surface area contributed by atoms with E-state index in [9.17, 15) is 9.18 Å². The molecule has 7 heteroatoms. The number of carbonyl (C=O) groups is 1. The number of hydrogen-bond acceptors (Lipinski definition) is 3. The fourth-order valence-electron chi connectivity index (χ4n) is 1.99. The molecule has 0 aliphatic rings. The molecule has 2 heterocycles. The molecule has 1 aromatic carbocycles. The normalized spacial score (nSPS) is 10.9. The molecule has 0 saturated heterocycles.